The minimum atomic E-state index is 0.375. The van der Waals surface area contributed by atoms with Gasteiger partial charge < -0.3 is 10.6 Å². The van der Waals surface area contributed by atoms with E-state index in [1.807, 2.05) is 0 Å². The number of terminal acetylenes is 1. The maximum Gasteiger partial charge on any atom is 0.171 e. The van der Waals surface area contributed by atoms with Gasteiger partial charge in [-0.15, -0.1) is 6.42 Å². The van der Waals surface area contributed by atoms with Crippen molar-refractivity contribution < 1.29 is 0 Å². The number of rotatable bonds is 2. The van der Waals surface area contributed by atoms with Gasteiger partial charge in [0.1, 0.15) is 0 Å². The van der Waals surface area contributed by atoms with Crippen LogP contribution in [0.2, 0.25) is 10.0 Å². The highest BCUT2D eigenvalue weighted by Crippen LogP contribution is 2.22. The first-order valence-electron chi connectivity index (χ1n) is 4.06. The van der Waals surface area contributed by atoms with Gasteiger partial charge in [-0.25, -0.2) is 0 Å². The molecule has 0 saturated heterocycles. The van der Waals surface area contributed by atoms with Crippen molar-refractivity contribution in [1.82, 2.24) is 5.32 Å². The molecule has 0 aliphatic heterocycles. The topological polar surface area (TPSA) is 24.1 Å². The molecule has 1 aromatic carbocycles. The average Bonchev–Trinajstić information content (AvgIpc) is 2.13. The van der Waals surface area contributed by atoms with Gasteiger partial charge in [-0.1, -0.05) is 29.1 Å². The Morgan fingerprint density at radius 3 is 2.47 bits per heavy atom. The van der Waals surface area contributed by atoms with Crippen molar-refractivity contribution in [2.75, 3.05) is 11.9 Å². The predicted molar refractivity (Wildman–Crippen MR) is 69.5 cm³/mol. The van der Waals surface area contributed by atoms with Crippen LogP contribution in [0.3, 0.4) is 0 Å². The van der Waals surface area contributed by atoms with E-state index in [1.54, 1.807) is 18.2 Å². The summed E-state index contributed by atoms with van der Waals surface area (Å²) in [5.74, 6) is 2.42. The van der Waals surface area contributed by atoms with Gasteiger partial charge in [0.05, 0.1) is 6.54 Å². The number of benzene rings is 1. The zero-order chi connectivity index (χ0) is 11.3. The molecule has 0 heterocycles. The molecule has 1 rings (SSSR count). The molecule has 5 heteroatoms. The van der Waals surface area contributed by atoms with Crippen molar-refractivity contribution in [2.45, 2.75) is 0 Å². The summed E-state index contributed by atoms with van der Waals surface area (Å²) in [4.78, 5) is 0. The first kappa shape index (κ1) is 12.1. The Morgan fingerprint density at radius 1 is 1.33 bits per heavy atom. The minimum Gasteiger partial charge on any atom is -0.352 e. The molecule has 78 valence electrons. The SMILES string of the molecule is C#CCNC(=S)Nc1cc(Cl)cc(Cl)c1. The second-order valence-corrected chi connectivity index (χ2v) is 3.95. The van der Waals surface area contributed by atoms with Crippen LogP contribution in [0.1, 0.15) is 0 Å². The Labute approximate surface area is 104 Å². The molecule has 0 aliphatic rings. The van der Waals surface area contributed by atoms with Gasteiger partial charge in [-0.2, -0.15) is 0 Å². The van der Waals surface area contributed by atoms with E-state index < -0.39 is 0 Å². The number of anilines is 1. The largest absolute Gasteiger partial charge is 0.352 e. The standard InChI is InChI=1S/C10H8Cl2N2S/c1-2-3-13-10(15)14-9-5-7(11)4-8(12)6-9/h1,4-6H,3H2,(H2,13,14,15). The Bertz CT molecular complexity index is 392. The van der Waals surface area contributed by atoms with Gasteiger partial charge in [0, 0.05) is 15.7 Å². The highest BCUT2D eigenvalue weighted by atomic mass is 35.5. The van der Waals surface area contributed by atoms with Crippen LogP contribution in [-0.2, 0) is 0 Å². The van der Waals surface area contributed by atoms with E-state index in [0.717, 1.165) is 5.69 Å². The van der Waals surface area contributed by atoms with Crippen molar-refractivity contribution in [1.29, 1.82) is 0 Å². The molecule has 15 heavy (non-hydrogen) atoms. The normalized spacial score (nSPS) is 9.13. The van der Waals surface area contributed by atoms with Crippen molar-refractivity contribution in [3.8, 4) is 12.3 Å². The van der Waals surface area contributed by atoms with Crippen molar-refractivity contribution in [2.24, 2.45) is 0 Å². The molecule has 2 N–H and O–H groups in total. The molecule has 0 atom stereocenters. The summed E-state index contributed by atoms with van der Waals surface area (Å²) in [6.07, 6.45) is 5.08. The molecule has 0 amide bonds. The Kier molecular flexibility index (Phi) is 4.70. The monoisotopic (exact) mass is 258 g/mol. The van der Waals surface area contributed by atoms with Gasteiger partial charge in [-0.3, -0.25) is 0 Å². The highest BCUT2D eigenvalue weighted by Gasteiger charge is 1.99. The molecule has 0 spiro atoms. The third-order valence-corrected chi connectivity index (χ3v) is 2.15. The molecule has 0 unspecified atom stereocenters. The van der Waals surface area contributed by atoms with E-state index >= 15 is 0 Å². The summed E-state index contributed by atoms with van der Waals surface area (Å²) in [6.45, 7) is 0.375. The fraction of sp³-hybridized carbons (Fsp3) is 0.100. The molecule has 0 aromatic heterocycles. The lowest BCUT2D eigenvalue weighted by molar-refractivity contribution is 1.09. The van der Waals surface area contributed by atoms with Crippen molar-refractivity contribution >= 4 is 46.2 Å². The van der Waals surface area contributed by atoms with Gasteiger partial charge in [0.25, 0.3) is 0 Å². The van der Waals surface area contributed by atoms with Crippen LogP contribution in [0.5, 0.6) is 0 Å². The number of nitrogens with one attached hydrogen (secondary N) is 2. The fourth-order valence-electron chi connectivity index (χ4n) is 0.933. The van der Waals surface area contributed by atoms with Crippen molar-refractivity contribution in [3.05, 3.63) is 28.2 Å². The Morgan fingerprint density at radius 2 is 1.93 bits per heavy atom. The van der Waals surface area contributed by atoms with Crippen LogP contribution in [0.15, 0.2) is 18.2 Å². The minimum absolute atomic E-state index is 0.375. The second-order valence-electron chi connectivity index (χ2n) is 2.67. The van der Waals surface area contributed by atoms with Crippen LogP contribution >= 0.6 is 35.4 Å². The van der Waals surface area contributed by atoms with Crippen LogP contribution in [0.25, 0.3) is 0 Å². The Balaban J connectivity index is 2.65. The average molecular weight is 259 g/mol. The third-order valence-electron chi connectivity index (χ3n) is 1.47. The summed E-state index contributed by atoms with van der Waals surface area (Å²) in [5, 5.41) is 7.26. The summed E-state index contributed by atoms with van der Waals surface area (Å²) >= 11 is 16.6. The predicted octanol–water partition coefficient (Wildman–Crippen LogP) is 2.91. The highest BCUT2D eigenvalue weighted by molar-refractivity contribution is 7.80. The van der Waals surface area contributed by atoms with Gasteiger partial charge in [0.2, 0.25) is 0 Å². The van der Waals surface area contributed by atoms with Crippen LogP contribution < -0.4 is 10.6 Å². The number of hydrogen-bond donors (Lipinski definition) is 2. The molecule has 0 aliphatic carbocycles. The zero-order valence-electron chi connectivity index (χ0n) is 7.68. The lowest BCUT2D eigenvalue weighted by atomic mass is 10.3. The molecular formula is C10H8Cl2N2S. The maximum atomic E-state index is 5.82. The number of halogens is 2. The van der Waals surface area contributed by atoms with E-state index in [2.05, 4.69) is 16.6 Å². The molecule has 0 bridgehead atoms. The molecule has 1 aromatic rings. The lowest BCUT2D eigenvalue weighted by Crippen LogP contribution is -2.28. The van der Waals surface area contributed by atoms with Gasteiger partial charge in [0.15, 0.2) is 5.11 Å². The summed E-state index contributed by atoms with van der Waals surface area (Å²) in [6, 6.07) is 5.08. The quantitative estimate of drug-likeness (QED) is 0.630. The molecule has 0 saturated carbocycles. The summed E-state index contributed by atoms with van der Waals surface area (Å²) in [7, 11) is 0. The van der Waals surface area contributed by atoms with E-state index in [9.17, 15) is 0 Å². The summed E-state index contributed by atoms with van der Waals surface area (Å²) in [5.41, 5.74) is 0.724. The van der Waals surface area contributed by atoms with Crippen molar-refractivity contribution in [3.63, 3.8) is 0 Å². The second kappa shape index (κ2) is 5.82. The van der Waals surface area contributed by atoms with E-state index in [0.29, 0.717) is 21.7 Å². The smallest absolute Gasteiger partial charge is 0.171 e. The van der Waals surface area contributed by atoms with E-state index in [1.165, 1.54) is 0 Å². The first-order valence-corrected chi connectivity index (χ1v) is 5.22. The molecular weight excluding hydrogens is 251 g/mol. The fourth-order valence-corrected chi connectivity index (χ4v) is 1.65. The number of thiocarbonyl (C=S) groups is 1. The van der Waals surface area contributed by atoms with Gasteiger partial charge in [-0.05, 0) is 30.4 Å². The van der Waals surface area contributed by atoms with Gasteiger partial charge >= 0.3 is 0 Å². The van der Waals surface area contributed by atoms with Crippen LogP contribution in [-0.4, -0.2) is 11.7 Å². The molecule has 0 radical (unpaired) electrons. The Hall–Kier alpha value is -0.950. The van der Waals surface area contributed by atoms with Crippen LogP contribution in [0, 0.1) is 12.3 Å². The van der Waals surface area contributed by atoms with E-state index in [4.69, 9.17) is 41.8 Å². The molecule has 0 fully saturated rings. The lowest BCUT2D eigenvalue weighted by Gasteiger charge is -2.08. The van der Waals surface area contributed by atoms with Crippen LogP contribution in [0.4, 0.5) is 5.69 Å². The number of hydrogen-bond acceptors (Lipinski definition) is 1. The summed E-state index contributed by atoms with van der Waals surface area (Å²) < 4.78 is 0. The third kappa shape index (κ3) is 4.39. The molecule has 2 nitrogen and oxygen atoms in total. The van der Waals surface area contributed by atoms with E-state index in [-0.39, 0.29) is 0 Å². The maximum absolute atomic E-state index is 5.82. The first-order chi connectivity index (χ1) is 7.11. The zero-order valence-corrected chi connectivity index (χ0v) is 10.0.